The van der Waals surface area contributed by atoms with Crippen LogP contribution >= 0.6 is 0 Å². The van der Waals surface area contributed by atoms with E-state index in [2.05, 4.69) is 30.0 Å². The summed E-state index contributed by atoms with van der Waals surface area (Å²) in [6.45, 7) is 13.7. The predicted molar refractivity (Wildman–Crippen MR) is 188 cm³/mol. The smallest absolute Gasteiger partial charge is 0.333 e. The van der Waals surface area contributed by atoms with Gasteiger partial charge in [-0.05, 0) is 98.5 Å². The van der Waals surface area contributed by atoms with Crippen LogP contribution in [0.4, 0.5) is 0 Å². The van der Waals surface area contributed by atoms with E-state index in [-0.39, 0.29) is 25.1 Å². The second-order valence-electron chi connectivity index (χ2n) is 11.0. The minimum Gasteiger partial charge on any atom is -0.508 e. The number of benzene rings is 4. The van der Waals surface area contributed by atoms with Gasteiger partial charge in [0.25, 0.3) is 0 Å². The SMILES string of the molecule is C=C(C)C(=O)OCC(C)O.C=C(C)C(=O)OCC(C)Oc1ccc(-c2ccc(C#N)cc2)cc1.N#Cc1ccc(-c2ccc(O)cc2)cc1. The molecule has 0 aliphatic carbocycles. The van der Waals surface area contributed by atoms with Crippen molar-refractivity contribution in [1.82, 2.24) is 0 Å². The second kappa shape index (κ2) is 20.2. The maximum absolute atomic E-state index is 11.3. The molecule has 2 N–H and O–H groups in total. The van der Waals surface area contributed by atoms with Crippen molar-refractivity contribution in [3.63, 3.8) is 0 Å². The van der Waals surface area contributed by atoms with Gasteiger partial charge >= 0.3 is 11.9 Å². The normalized spacial score (nSPS) is 10.9. The van der Waals surface area contributed by atoms with Crippen molar-refractivity contribution < 1.29 is 34.0 Å². The number of nitrogens with zero attached hydrogens (tertiary/aromatic N) is 2. The van der Waals surface area contributed by atoms with Crippen LogP contribution < -0.4 is 4.74 Å². The van der Waals surface area contributed by atoms with Gasteiger partial charge in [0.15, 0.2) is 0 Å². The zero-order valence-corrected chi connectivity index (χ0v) is 28.1. The van der Waals surface area contributed by atoms with Crippen LogP contribution in [0.25, 0.3) is 22.3 Å². The van der Waals surface area contributed by atoms with E-state index in [0.717, 1.165) is 22.3 Å². The summed E-state index contributed by atoms with van der Waals surface area (Å²) in [5.41, 5.74) is 6.13. The number of hydrogen-bond acceptors (Lipinski definition) is 9. The summed E-state index contributed by atoms with van der Waals surface area (Å²) in [6.07, 6.45) is -0.864. The standard InChI is InChI=1S/C20H19NO3.C13H9NO.C7H12O3/c1-14(2)20(22)23-13-15(3)24-19-10-8-18(9-11-19)17-6-4-16(12-21)5-7-17;14-9-10-1-3-11(4-2-10)12-5-7-13(15)8-6-12;1-5(2)7(9)10-4-6(3)8/h4-11,15H,1,13H2,2-3H3;1-8,15H;6,8H,1,4H2,2-3H3. The maximum Gasteiger partial charge on any atom is 0.333 e. The van der Waals surface area contributed by atoms with Crippen molar-refractivity contribution in [3.8, 4) is 45.9 Å². The Morgan fingerprint density at radius 2 is 1.00 bits per heavy atom. The summed E-state index contributed by atoms with van der Waals surface area (Å²) in [5, 5.41) is 35.3. The fourth-order valence-corrected chi connectivity index (χ4v) is 3.76. The third-order valence-electron chi connectivity index (χ3n) is 6.36. The van der Waals surface area contributed by atoms with Gasteiger partial charge in [0.1, 0.15) is 30.8 Å². The molecule has 4 aromatic carbocycles. The number of carbonyl (C=O) groups is 2. The Balaban J connectivity index is 0.000000284. The number of aromatic hydroxyl groups is 1. The lowest BCUT2D eigenvalue weighted by molar-refractivity contribution is -0.142. The van der Waals surface area contributed by atoms with Crippen LogP contribution in [0.15, 0.2) is 121 Å². The zero-order valence-electron chi connectivity index (χ0n) is 28.1. The molecule has 2 unspecified atom stereocenters. The molecule has 9 heteroatoms. The molecule has 0 aromatic heterocycles. The molecule has 0 bridgehead atoms. The van der Waals surface area contributed by atoms with Gasteiger partial charge in [0.2, 0.25) is 0 Å². The monoisotopic (exact) mass is 660 g/mol. The molecule has 0 aliphatic heterocycles. The molecule has 0 saturated heterocycles. The number of esters is 2. The molecule has 2 atom stereocenters. The number of phenols is 1. The minimum absolute atomic E-state index is 0.0334. The van der Waals surface area contributed by atoms with Gasteiger partial charge < -0.3 is 24.4 Å². The summed E-state index contributed by atoms with van der Waals surface area (Å²) in [5.74, 6) is 0.0844. The minimum atomic E-state index is -0.608. The summed E-state index contributed by atoms with van der Waals surface area (Å²) in [7, 11) is 0. The first-order chi connectivity index (χ1) is 23.3. The molecule has 0 amide bonds. The van der Waals surface area contributed by atoms with E-state index >= 15 is 0 Å². The van der Waals surface area contributed by atoms with Crippen molar-refractivity contribution in [3.05, 3.63) is 132 Å². The molecular formula is C40H40N2O7. The summed E-state index contributed by atoms with van der Waals surface area (Å²) in [4.78, 5) is 22.0. The van der Waals surface area contributed by atoms with E-state index < -0.39 is 18.0 Å². The van der Waals surface area contributed by atoms with Crippen molar-refractivity contribution in [1.29, 1.82) is 10.5 Å². The molecule has 252 valence electrons. The molecule has 4 rings (SSSR count). The highest BCUT2D eigenvalue weighted by molar-refractivity contribution is 5.87. The Hall–Kier alpha value is -6.16. The van der Waals surface area contributed by atoms with Gasteiger partial charge in [-0.15, -0.1) is 0 Å². The first-order valence-corrected chi connectivity index (χ1v) is 15.2. The molecule has 0 saturated carbocycles. The number of rotatable bonds is 10. The number of aliphatic hydroxyl groups excluding tert-OH is 1. The first-order valence-electron chi connectivity index (χ1n) is 15.2. The molecule has 0 aliphatic rings. The quantitative estimate of drug-likeness (QED) is 0.130. The summed E-state index contributed by atoms with van der Waals surface area (Å²) >= 11 is 0. The van der Waals surface area contributed by atoms with Crippen LogP contribution in [-0.4, -0.2) is 47.6 Å². The van der Waals surface area contributed by atoms with Gasteiger partial charge in [-0.25, -0.2) is 9.59 Å². The third-order valence-corrected chi connectivity index (χ3v) is 6.36. The van der Waals surface area contributed by atoms with Crippen LogP contribution in [0.1, 0.15) is 38.8 Å². The van der Waals surface area contributed by atoms with E-state index in [9.17, 15) is 9.59 Å². The average molecular weight is 661 g/mol. The largest absolute Gasteiger partial charge is 0.508 e. The van der Waals surface area contributed by atoms with E-state index in [1.807, 2.05) is 67.6 Å². The van der Waals surface area contributed by atoms with Crippen LogP contribution in [0.2, 0.25) is 0 Å². The number of aliphatic hydroxyl groups is 1. The fourth-order valence-electron chi connectivity index (χ4n) is 3.76. The third kappa shape index (κ3) is 14.4. The Morgan fingerprint density at radius 3 is 1.35 bits per heavy atom. The van der Waals surface area contributed by atoms with Crippen molar-refractivity contribution in [2.45, 2.75) is 39.9 Å². The van der Waals surface area contributed by atoms with Gasteiger partial charge in [-0.2, -0.15) is 10.5 Å². The van der Waals surface area contributed by atoms with Crippen LogP contribution in [0, 0.1) is 22.7 Å². The number of carbonyl (C=O) groups excluding carboxylic acids is 2. The van der Waals surface area contributed by atoms with Gasteiger partial charge in [-0.3, -0.25) is 0 Å². The Bertz CT molecular complexity index is 1760. The van der Waals surface area contributed by atoms with E-state index in [1.165, 1.54) is 0 Å². The topological polar surface area (TPSA) is 150 Å². The zero-order chi connectivity index (χ0) is 36.3. The van der Waals surface area contributed by atoms with Crippen molar-refractivity contribution in [2.24, 2.45) is 0 Å². The van der Waals surface area contributed by atoms with Gasteiger partial charge in [-0.1, -0.05) is 61.7 Å². The maximum atomic E-state index is 11.3. The van der Waals surface area contributed by atoms with Crippen LogP contribution in [-0.2, 0) is 19.1 Å². The predicted octanol–water partition coefficient (Wildman–Crippen LogP) is 7.53. The Labute approximate surface area is 287 Å². The average Bonchev–Trinajstić information content (AvgIpc) is 3.10. The second-order valence-corrected chi connectivity index (χ2v) is 11.0. The fraction of sp³-hybridized carbons (Fsp3) is 0.200. The first kappa shape index (κ1) is 39.0. The van der Waals surface area contributed by atoms with Gasteiger partial charge in [0.05, 0.1) is 29.4 Å². The Kier molecular flexibility index (Phi) is 16.1. The number of nitriles is 2. The molecule has 0 heterocycles. The molecule has 4 aromatic rings. The molecule has 49 heavy (non-hydrogen) atoms. The molecule has 9 nitrogen and oxygen atoms in total. The lowest BCUT2D eigenvalue weighted by Gasteiger charge is -2.15. The lowest BCUT2D eigenvalue weighted by Crippen LogP contribution is -2.21. The summed E-state index contributed by atoms with van der Waals surface area (Å²) in [6, 6.07) is 33.5. The van der Waals surface area contributed by atoms with Crippen molar-refractivity contribution in [2.75, 3.05) is 13.2 Å². The number of hydrogen-bond donors (Lipinski definition) is 2. The molecular weight excluding hydrogens is 620 g/mol. The molecule has 0 fully saturated rings. The number of ether oxygens (including phenoxy) is 3. The highest BCUT2D eigenvalue weighted by Crippen LogP contribution is 2.24. The van der Waals surface area contributed by atoms with E-state index in [4.69, 9.17) is 30.2 Å². The number of phenolic OH excluding ortho intramolecular Hbond substituents is 1. The highest BCUT2D eigenvalue weighted by atomic mass is 16.6. The Morgan fingerprint density at radius 1 is 0.653 bits per heavy atom. The lowest BCUT2D eigenvalue weighted by atomic mass is 10.0. The van der Waals surface area contributed by atoms with Crippen molar-refractivity contribution >= 4 is 11.9 Å². The molecule has 0 spiro atoms. The van der Waals surface area contributed by atoms with Gasteiger partial charge in [0, 0.05) is 11.1 Å². The van der Waals surface area contributed by atoms with Crippen LogP contribution in [0.3, 0.4) is 0 Å². The summed E-state index contributed by atoms with van der Waals surface area (Å²) < 4.78 is 15.4. The van der Waals surface area contributed by atoms with Crippen LogP contribution in [0.5, 0.6) is 11.5 Å². The van der Waals surface area contributed by atoms with E-state index in [0.29, 0.717) is 28.0 Å². The van der Waals surface area contributed by atoms with E-state index in [1.54, 1.807) is 57.2 Å². The molecule has 0 radical (unpaired) electrons. The highest BCUT2D eigenvalue weighted by Gasteiger charge is 2.10.